The van der Waals surface area contributed by atoms with Crippen LogP contribution in [-0.2, 0) is 22.6 Å². The number of aromatic nitrogens is 1. The number of nitrogens with zero attached hydrogens (tertiary/aromatic N) is 2. The zero-order valence-corrected chi connectivity index (χ0v) is 18.3. The molecule has 2 aromatic rings. The van der Waals surface area contributed by atoms with Gasteiger partial charge in [-0.05, 0) is 55.4 Å². The van der Waals surface area contributed by atoms with Gasteiger partial charge in [-0.1, -0.05) is 56.4 Å². The molecule has 1 fully saturated rings. The van der Waals surface area contributed by atoms with Gasteiger partial charge in [0.05, 0.1) is 11.7 Å². The molecule has 2 heterocycles. The van der Waals surface area contributed by atoms with Gasteiger partial charge in [0.25, 0.3) is 0 Å². The minimum atomic E-state index is -0.558. The molecule has 1 aromatic carbocycles. The Bertz CT molecular complexity index is 942. The van der Waals surface area contributed by atoms with Crippen molar-refractivity contribution in [1.29, 1.82) is 0 Å². The Labute approximate surface area is 184 Å². The first-order chi connectivity index (χ1) is 15.2. The van der Waals surface area contributed by atoms with Crippen molar-refractivity contribution in [2.45, 2.75) is 88.9 Å². The first-order valence-electron chi connectivity index (χ1n) is 12.1. The van der Waals surface area contributed by atoms with Crippen molar-refractivity contribution in [1.82, 2.24) is 14.8 Å². The van der Waals surface area contributed by atoms with Crippen molar-refractivity contribution in [3.8, 4) is 0 Å². The van der Waals surface area contributed by atoms with E-state index in [1.807, 2.05) is 27.8 Å². The Morgan fingerprint density at radius 1 is 0.903 bits per heavy atom. The quantitative estimate of drug-likeness (QED) is 0.785. The fraction of sp³-hybridized carbons (Fsp3) is 0.538. The second kappa shape index (κ2) is 8.89. The number of hydrogen-bond acceptors (Lipinski definition) is 2. The molecule has 2 amide bonds. The van der Waals surface area contributed by atoms with Crippen LogP contribution in [0, 0.1) is 0 Å². The molecule has 1 saturated carbocycles. The average Bonchev–Trinajstić information content (AvgIpc) is 3.22. The van der Waals surface area contributed by atoms with Gasteiger partial charge in [-0.2, -0.15) is 0 Å². The molecule has 2 atom stereocenters. The first kappa shape index (κ1) is 20.3. The molecule has 2 aliphatic carbocycles. The minimum Gasteiger partial charge on any atom is -0.351 e. The van der Waals surface area contributed by atoms with Gasteiger partial charge in [-0.15, -0.1) is 0 Å². The lowest BCUT2D eigenvalue weighted by Gasteiger charge is -2.43. The number of aryl methyl sites for hydroxylation is 1. The molecule has 0 bridgehead atoms. The third-order valence-corrected chi connectivity index (χ3v) is 7.39. The van der Waals surface area contributed by atoms with Crippen LogP contribution in [0.5, 0.6) is 0 Å². The predicted molar refractivity (Wildman–Crippen MR) is 120 cm³/mol. The fourth-order valence-electron chi connectivity index (χ4n) is 5.85. The summed E-state index contributed by atoms with van der Waals surface area (Å²) >= 11 is 0. The van der Waals surface area contributed by atoms with Crippen LogP contribution >= 0.6 is 0 Å². The summed E-state index contributed by atoms with van der Waals surface area (Å²) in [6, 6.07) is 12.0. The van der Waals surface area contributed by atoms with Crippen molar-refractivity contribution in [3.05, 3.63) is 59.4 Å². The van der Waals surface area contributed by atoms with Crippen LogP contribution in [0.3, 0.4) is 0 Å². The summed E-state index contributed by atoms with van der Waals surface area (Å²) in [5, 5.41) is 3.35. The van der Waals surface area contributed by atoms with Gasteiger partial charge < -0.3 is 14.8 Å². The molecule has 1 N–H and O–H groups in total. The number of hydrogen-bond donors (Lipinski definition) is 1. The lowest BCUT2D eigenvalue weighted by molar-refractivity contribution is -0.147. The number of fused-ring (bicyclic) bond motifs is 2. The largest absolute Gasteiger partial charge is 0.351 e. The second-order valence-electron chi connectivity index (χ2n) is 9.42. The van der Waals surface area contributed by atoms with E-state index >= 15 is 0 Å². The van der Waals surface area contributed by atoms with Crippen LogP contribution in [0.15, 0.2) is 42.6 Å². The Morgan fingerprint density at radius 2 is 1.68 bits per heavy atom. The van der Waals surface area contributed by atoms with Crippen LogP contribution < -0.4 is 5.32 Å². The second-order valence-corrected chi connectivity index (χ2v) is 9.42. The normalized spacial score (nSPS) is 24.6. The van der Waals surface area contributed by atoms with Gasteiger partial charge in [0.15, 0.2) is 6.04 Å². The third kappa shape index (κ3) is 4.02. The molecule has 5 nitrogen and oxygen atoms in total. The summed E-state index contributed by atoms with van der Waals surface area (Å²) in [6.07, 6.45) is 13.2. The van der Waals surface area contributed by atoms with Gasteiger partial charge in [0.2, 0.25) is 11.8 Å². The van der Waals surface area contributed by atoms with Crippen molar-refractivity contribution < 1.29 is 9.59 Å². The maximum Gasteiger partial charge on any atom is 0.249 e. The molecule has 0 saturated heterocycles. The van der Waals surface area contributed by atoms with Gasteiger partial charge in [-0.25, -0.2) is 0 Å². The maximum absolute atomic E-state index is 13.7. The molecule has 0 radical (unpaired) electrons. The van der Waals surface area contributed by atoms with E-state index in [0.717, 1.165) is 37.8 Å². The molecular formula is C26H33N3O2. The van der Waals surface area contributed by atoms with Crippen LogP contribution in [-0.4, -0.2) is 27.3 Å². The lowest BCUT2D eigenvalue weighted by atomic mass is 9.85. The highest BCUT2D eigenvalue weighted by molar-refractivity contribution is 5.90. The molecule has 5 rings (SSSR count). The van der Waals surface area contributed by atoms with E-state index in [-0.39, 0.29) is 23.9 Å². The highest BCUT2D eigenvalue weighted by atomic mass is 16.2. The number of benzene rings is 1. The van der Waals surface area contributed by atoms with Crippen LogP contribution in [0.2, 0.25) is 0 Å². The van der Waals surface area contributed by atoms with Crippen LogP contribution in [0.4, 0.5) is 0 Å². The van der Waals surface area contributed by atoms with Crippen LogP contribution in [0.1, 0.15) is 86.7 Å². The zero-order valence-electron chi connectivity index (χ0n) is 18.3. The van der Waals surface area contributed by atoms with E-state index in [1.54, 1.807) is 0 Å². The summed E-state index contributed by atoms with van der Waals surface area (Å²) < 4.78 is 1.95. The van der Waals surface area contributed by atoms with Crippen molar-refractivity contribution >= 4 is 11.8 Å². The molecular weight excluding hydrogens is 386 g/mol. The topological polar surface area (TPSA) is 54.3 Å². The molecule has 1 aromatic heterocycles. The summed E-state index contributed by atoms with van der Waals surface area (Å²) in [5.41, 5.74) is 3.46. The summed E-state index contributed by atoms with van der Waals surface area (Å²) in [7, 11) is 0. The first-order valence-corrected chi connectivity index (χ1v) is 12.1. The van der Waals surface area contributed by atoms with Gasteiger partial charge >= 0.3 is 0 Å². The maximum atomic E-state index is 13.7. The molecule has 1 aliphatic heterocycles. The van der Waals surface area contributed by atoms with Crippen molar-refractivity contribution in [2.24, 2.45) is 0 Å². The number of carbonyl (C=O) groups excluding carboxylic acids is 2. The number of nitrogens with one attached hydrogen (secondary N) is 1. The molecule has 2 unspecified atom stereocenters. The van der Waals surface area contributed by atoms with Crippen LogP contribution in [0.25, 0.3) is 0 Å². The summed E-state index contributed by atoms with van der Waals surface area (Å²) in [5.74, 6) is 0.0323. The minimum absolute atomic E-state index is 0.0124. The molecule has 164 valence electrons. The third-order valence-electron chi connectivity index (χ3n) is 7.39. The fourth-order valence-corrected chi connectivity index (χ4v) is 5.85. The van der Waals surface area contributed by atoms with E-state index in [4.69, 9.17) is 0 Å². The monoisotopic (exact) mass is 419 g/mol. The lowest BCUT2D eigenvalue weighted by Crippen LogP contribution is -2.52. The highest BCUT2D eigenvalue weighted by Gasteiger charge is 2.43. The summed E-state index contributed by atoms with van der Waals surface area (Å²) in [6.45, 7) is 0.314. The van der Waals surface area contributed by atoms with Gasteiger partial charge in [0, 0.05) is 12.2 Å². The molecule has 0 spiro atoms. The van der Waals surface area contributed by atoms with E-state index in [1.165, 1.54) is 43.2 Å². The number of amides is 2. The zero-order chi connectivity index (χ0) is 21.2. The SMILES string of the molecule is O=C(NC1CCCCCCC1)C1c2cccn2CC(=O)N1C1CCCc2ccccc21. The smallest absolute Gasteiger partial charge is 0.249 e. The predicted octanol–water partition coefficient (Wildman–Crippen LogP) is 4.68. The molecule has 5 heteroatoms. The van der Waals surface area contributed by atoms with Crippen molar-refractivity contribution in [3.63, 3.8) is 0 Å². The van der Waals surface area contributed by atoms with Gasteiger partial charge in [0.1, 0.15) is 6.54 Å². The Morgan fingerprint density at radius 3 is 2.52 bits per heavy atom. The average molecular weight is 420 g/mol. The molecule has 31 heavy (non-hydrogen) atoms. The number of carbonyl (C=O) groups is 2. The van der Waals surface area contributed by atoms with E-state index in [0.29, 0.717) is 6.54 Å². The van der Waals surface area contributed by atoms with E-state index in [2.05, 4.69) is 29.6 Å². The van der Waals surface area contributed by atoms with Crippen molar-refractivity contribution in [2.75, 3.05) is 0 Å². The van der Waals surface area contributed by atoms with Gasteiger partial charge in [-0.3, -0.25) is 9.59 Å². The number of rotatable bonds is 3. The summed E-state index contributed by atoms with van der Waals surface area (Å²) in [4.78, 5) is 29.0. The Balaban J connectivity index is 1.47. The Hall–Kier alpha value is -2.56. The highest BCUT2D eigenvalue weighted by Crippen LogP contribution is 2.41. The van der Waals surface area contributed by atoms with E-state index < -0.39 is 6.04 Å². The Kier molecular flexibility index (Phi) is 5.84. The standard InChI is InChI=1S/C26H33N3O2/c30-24-18-28-17-9-16-23(28)25(26(31)27-20-12-4-2-1-3-5-13-20)29(24)22-15-8-11-19-10-6-7-14-21(19)22/h6-7,9-10,14,16-17,20,22,25H,1-5,8,11-13,15,18H2,(H,27,31). The van der Waals surface area contributed by atoms with E-state index in [9.17, 15) is 9.59 Å². The molecule has 3 aliphatic rings.